The lowest BCUT2D eigenvalue weighted by Gasteiger charge is -2.39. The van der Waals surface area contributed by atoms with Gasteiger partial charge in [0.15, 0.2) is 5.84 Å². The first-order chi connectivity index (χ1) is 9.67. The van der Waals surface area contributed by atoms with E-state index in [0.717, 1.165) is 17.7 Å². The number of ether oxygens (including phenoxy) is 1. The van der Waals surface area contributed by atoms with E-state index in [0.29, 0.717) is 19.4 Å². The van der Waals surface area contributed by atoms with E-state index in [9.17, 15) is 4.79 Å². The van der Waals surface area contributed by atoms with E-state index in [-0.39, 0.29) is 17.8 Å². The first-order valence-corrected chi connectivity index (χ1v) is 6.68. The Hall–Kier alpha value is -2.24. The molecular formula is C14H17N3O3. The average Bonchev–Trinajstić information content (AvgIpc) is 2.81. The smallest absolute Gasteiger partial charge is 0.234 e. The first-order valence-electron chi connectivity index (χ1n) is 6.68. The fraction of sp³-hybridized carbons (Fsp3) is 0.429. The van der Waals surface area contributed by atoms with Crippen molar-refractivity contribution >= 4 is 11.7 Å². The number of nitrogens with one attached hydrogen (secondary N) is 1. The van der Waals surface area contributed by atoms with Crippen LogP contribution in [0.4, 0.5) is 0 Å². The molecule has 1 aliphatic heterocycles. The summed E-state index contributed by atoms with van der Waals surface area (Å²) in [4.78, 5) is 12.5. The maximum absolute atomic E-state index is 12.5. The molecule has 20 heavy (non-hydrogen) atoms. The maximum Gasteiger partial charge on any atom is 0.234 e. The minimum Gasteiger partial charge on any atom is -0.491 e. The van der Waals surface area contributed by atoms with E-state index in [2.05, 4.69) is 10.5 Å². The van der Waals surface area contributed by atoms with Crippen LogP contribution in [0.1, 0.15) is 30.9 Å². The summed E-state index contributed by atoms with van der Waals surface area (Å²) >= 11 is 0. The molecule has 3 rings (SSSR count). The molecule has 0 spiro atoms. The second kappa shape index (κ2) is 4.70. The normalized spacial score (nSPS) is 23.4. The van der Waals surface area contributed by atoms with Gasteiger partial charge in [-0.05, 0) is 18.9 Å². The quantitative estimate of drug-likeness (QED) is 0.333. The fourth-order valence-corrected chi connectivity index (χ4v) is 2.80. The van der Waals surface area contributed by atoms with Crippen LogP contribution < -0.4 is 15.8 Å². The van der Waals surface area contributed by atoms with Crippen molar-refractivity contribution in [2.24, 2.45) is 16.3 Å². The van der Waals surface area contributed by atoms with Gasteiger partial charge in [0.1, 0.15) is 17.8 Å². The van der Waals surface area contributed by atoms with Gasteiger partial charge < -0.3 is 21.0 Å². The standard InChI is InChI=1S/C14H17N3O3/c15-12(17-19)14(6-3-7-14)13(18)16-10-8-20-11-5-2-1-4-9(10)11/h1-2,4-5,10,19H,3,6-8H2,(H2,15,17)(H,16,18). The molecule has 1 heterocycles. The molecule has 1 amide bonds. The van der Waals surface area contributed by atoms with Crippen LogP contribution in [0.15, 0.2) is 29.4 Å². The lowest BCUT2D eigenvalue weighted by Crippen LogP contribution is -2.54. The molecule has 0 bridgehead atoms. The molecule has 1 aromatic carbocycles. The van der Waals surface area contributed by atoms with Crippen LogP contribution in [0, 0.1) is 5.41 Å². The molecule has 4 N–H and O–H groups in total. The Morgan fingerprint density at radius 2 is 2.20 bits per heavy atom. The minimum atomic E-state index is -0.855. The highest BCUT2D eigenvalue weighted by molar-refractivity contribution is 6.07. The number of fused-ring (bicyclic) bond motifs is 1. The van der Waals surface area contributed by atoms with Crippen molar-refractivity contribution in [3.05, 3.63) is 29.8 Å². The Bertz CT molecular complexity index is 567. The Morgan fingerprint density at radius 1 is 1.45 bits per heavy atom. The summed E-state index contributed by atoms with van der Waals surface area (Å²) in [6.07, 6.45) is 2.13. The number of amides is 1. The van der Waals surface area contributed by atoms with Crippen molar-refractivity contribution in [1.82, 2.24) is 5.32 Å². The van der Waals surface area contributed by atoms with E-state index in [1.165, 1.54) is 0 Å². The molecule has 1 unspecified atom stereocenters. The van der Waals surface area contributed by atoms with Crippen LogP contribution in [0.25, 0.3) is 0 Å². The second-order valence-corrected chi connectivity index (χ2v) is 5.30. The molecule has 2 aliphatic rings. The zero-order valence-corrected chi connectivity index (χ0v) is 11.0. The molecule has 1 saturated carbocycles. The van der Waals surface area contributed by atoms with Gasteiger partial charge in [0.05, 0.1) is 6.04 Å². The molecule has 1 aromatic rings. The number of carbonyl (C=O) groups excluding carboxylic acids is 1. The minimum absolute atomic E-state index is 0.00606. The number of hydrogen-bond donors (Lipinski definition) is 3. The monoisotopic (exact) mass is 275 g/mol. The second-order valence-electron chi connectivity index (χ2n) is 5.30. The molecule has 6 nitrogen and oxygen atoms in total. The summed E-state index contributed by atoms with van der Waals surface area (Å²) < 4.78 is 5.54. The van der Waals surface area contributed by atoms with E-state index in [1.54, 1.807) is 0 Å². The largest absolute Gasteiger partial charge is 0.491 e. The third-order valence-corrected chi connectivity index (χ3v) is 4.25. The van der Waals surface area contributed by atoms with Crippen molar-refractivity contribution in [1.29, 1.82) is 0 Å². The van der Waals surface area contributed by atoms with E-state index >= 15 is 0 Å². The Morgan fingerprint density at radius 3 is 2.85 bits per heavy atom. The number of benzene rings is 1. The number of hydrogen-bond acceptors (Lipinski definition) is 4. The highest BCUT2D eigenvalue weighted by Crippen LogP contribution is 2.42. The molecular weight excluding hydrogens is 258 g/mol. The van der Waals surface area contributed by atoms with Crippen LogP contribution in [-0.2, 0) is 4.79 Å². The lowest BCUT2D eigenvalue weighted by atomic mass is 9.67. The van der Waals surface area contributed by atoms with Gasteiger partial charge in [-0.2, -0.15) is 0 Å². The van der Waals surface area contributed by atoms with Gasteiger partial charge in [-0.25, -0.2) is 0 Å². The Balaban J connectivity index is 1.78. The molecule has 1 aliphatic carbocycles. The summed E-state index contributed by atoms with van der Waals surface area (Å²) in [7, 11) is 0. The van der Waals surface area contributed by atoms with E-state index in [1.807, 2.05) is 24.3 Å². The predicted octanol–water partition coefficient (Wildman–Crippen LogP) is 1.15. The van der Waals surface area contributed by atoms with Gasteiger partial charge in [0, 0.05) is 5.56 Å². The highest BCUT2D eigenvalue weighted by atomic mass is 16.5. The van der Waals surface area contributed by atoms with E-state index < -0.39 is 5.41 Å². The number of nitrogens with two attached hydrogens (primary N) is 1. The van der Waals surface area contributed by atoms with Gasteiger partial charge in [0.2, 0.25) is 5.91 Å². The zero-order chi connectivity index (χ0) is 14.2. The molecule has 6 heteroatoms. The summed E-state index contributed by atoms with van der Waals surface area (Å²) in [5.41, 5.74) is 5.80. The molecule has 1 fully saturated rings. The number of oxime groups is 1. The van der Waals surface area contributed by atoms with Gasteiger partial charge in [0.25, 0.3) is 0 Å². The molecule has 0 aromatic heterocycles. The van der Waals surface area contributed by atoms with Crippen molar-refractivity contribution in [2.45, 2.75) is 25.3 Å². The van der Waals surface area contributed by atoms with Crippen molar-refractivity contribution < 1.29 is 14.7 Å². The Labute approximate surface area is 116 Å². The number of para-hydroxylation sites is 1. The average molecular weight is 275 g/mol. The van der Waals surface area contributed by atoms with Gasteiger partial charge in [-0.3, -0.25) is 4.79 Å². The van der Waals surface area contributed by atoms with Crippen molar-refractivity contribution in [3.63, 3.8) is 0 Å². The SMILES string of the molecule is N/C(=N/O)C1(C(=O)NC2COc3ccccc32)CCC1. The maximum atomic E-state index is 12.5. The van der Waals surface area contributed by atoms with Gasteiger partial charge in [-0.1, -0.05) is 29.8 Å². The van der Waals surface area contributed by atoms with Crippen LogP contribution in [0.3, 0.4) is 0 Å². The van der Waals surface area contributed by atoms with Gasteiger partial charge >= 0.3 is 0 Å². The number of carbonyl (C=O) groups is 1. The number of amidine groups is 1. The van der Waals surface area contributed by atoms with Crippen LogP contribution in [-0.4, -0.2) is 23.6 Å². The molecule has 106 valence electrons. The Kier molecular flexibility index (Phi) is 3.00. The summed E-state index contributed by atoms with van der Waals surface area (Å²) in [6.45, 7) is 0.414. The lowest BCUT2D eigenvalue weighted by molar-refractivity contribution is -0.132. The van der Waals surface area contributed by atoms with Crippen LogP contribution in [0.2, 0.25) is 0 Å². The topological polar surface area (TPSA) is 96.9 Å². The van der Waals surface area contributed by atoms with Crippen LogP contribution in [0.5, 0.6) is 5.75 Å². The predicted molar refractivity (Wildman–Crippen MR) is 72.5 cm³/mol. The number of rotatable bonds is 3. The molecule has 1 atom stereocenters. The highest BCUT2D eigenvalue weighted by Gasteiger charge is 2.49. The third kappa shape index (κ3) is 1.79. The van der Waals surface area contributed by atoms with Crippen LogP contribution >= 0.6 is 0 Å². The third-order valence-electron chi connectivity index (χ3n) is 4.25. The number of nitrogens with zero attached hydrogens (tertiary/aromatic N) is 1. The first kappa shape index (κ1) is 12.8. The van der Waals surface area contributed by atoms with Crippen molar-refractivity contribution in [3.8, 4) is 5.75 Å². The van der Waals surface area contributed by atoms with Crippen molar-refractivity contribution in [2.75, 3.05) is 6.61 Å². The van der Waals surface area contributed by atoms with Gasteiger partial charge in [-0.15, -0.1) is 0 Å². The fourth-order valence-electron chi connectivity index (χ4n) is 2.80. The summed E-state index contributed by atoms with van der Waals surface area (Å²) in [6, 6.07) is 7.44. The summed E-state index contributed by atoms with van der Waals surface area (Å²) in [5, 5.41) is 14.8. The summed E-state index contributed by atoms with van der Waals surface area (Å²) in [5.74, 6) is 0.599. The molecule has 0 radical (unpaired) electrons. The molecule has 0 saturated heterocycles. The van der Waals surface area contributed by atoms with E-state index in [4.69, 9.17) is 15.7 Å². The zero-order valence-electron chi connectivity index (χ0n) is 11.0.